The fraction of sp³-hybridized carbons (Fsp3) is 0.273. The number of aromatic nitrogens is 4. The number of H-pyrrole nitrogens is 2. The van der Waals surface area contributed by atoms with Crippen molar-refractivity contribution in [3.05, 3.63) is 27.3 Å². The van der Waals surface area contributed by atoms with Gasteiger partial charge in [-0.05, 0) is 12.8 Å². The molecule has 1 amide bonds. The van der Waals surface area contributed by atoms with Crippen LogP contribution in [0.3, 0.4) is 0 Å². The number of aromatic carboxylic acids is 1. The minimum Gasteiger partial charge on any atom is -0.476 e. The van der Waals surface area contributed by atoms with Gasteiger partial charge in [0.05, 0.1) is 11.3 Å². The lowest BCUT2D eigenvalue weighted by Crippen LogP contribution is -2.22. The minimum atomic E-state index is -1.22. The normalized spacial score (nSPS) is 12.8. The molecule has 9 heteroatoms. The second kappa shape index (κ2) is 4.08. The number of fused-ring (bicyclic) bond motifs is 3. The molecule has 0 saturated heterocycles. The van der Waals surface area contributed by atoms with Crippen LogP contribution in [0.4, 0.5) is 0 Å². The first-order valence-corrected chi connectivity index (χ1v) is 5.90. The van der Waals surface area contributed by atoms with Crippen LogP contribution >= 0.6 is 0 Å². The third kappa shape index (κ3) is 1.63. The third-order valence-electron chi connectivity index (χ3n) is 3.30. The fourth-order valence-electron chi connectivity index (χ4n) is 2.52. The lowest BCUT2D eigenvalue weighted by atomic mass is 9.94. The van der Waals surface area contributed by atoms with Gasteiger partial charge in [-0.1, -0.05) is 0 Å². The highest BCUT2D eigenvalue weighted by Gasteiger charge is 2.31. The monoisotopic (exact) mass is 277 g/mol. The molecule has 0 spiro atoms. The third-order valence-corrected chi connectivity index (χ3v) is 3.30. The Labute approximate surface area is 111 Å². The second-order valence-corrected chi connectivity index (χ2v) is 4.53. The van der Waals surface area contributed by atoms with E-state index in [1.807, 2.05) is 0 Å². The van der Waals surface area contributed by atoms with Gasteiger partial charge in [-0.2, -0.15) is 5.10 Å². The standard InChI is InChI=1S/C11H11N5O4/c12-6(17)3-16-5-2-1-4-8(13-14-10(4)18)7(5)9(15-16)11(19)20/h1-3H2,(H2,12,17)(H,19,20)(H2,13,14,18). The fourth-order valence-corrected chi connectivity index (χ4v) is 2.52. The number of aromatic amines is 2. The lowest BCUT2D eigenvalue weighted by Gasteiger charge is -2.13. The number of hydrogen-bond donors (Lipinski definition) is 4. The van der Waals surface area contributed by atoms with Gasteiger partial charge in [0.2, 0.25) is 5.91 Å². The summed E-state index contributed by atoms with van der Waals surface area (Å²) in [4.78, 5) is 33.9. The van der Waals surface area contributed by atoms with E-state index in [9.17, 15) is 19.5 Å². The van der Waals surface area contributed by atoms with Crippen molar-refractivity contribution in [1.29, 1.82) is 0 Å². The molecule has 0 aliphatic heterocycles. The van der Waals surface area contributed by atoms with E-state index in [-0.39, 0.29) is 17.8 Å². The zero-order chi connectivity index (χ0) is 14.4. The zero-order valence-corrected chi connectivity index (χ0v) is 10.3. The summed E-state index contributed by atoms with van der Waals surface area (Å²) >= 11 is 0. The maximum absolute atomic E-state index is 11.6. The van der Waals surface area contributed by atoms with Crippen LogP contribution in [-0.4, -0.2) is 37.0 Å². The number of carbonyl (C=O) groups is 2. The van der Waals surface area contributed by atoms with E-state index in [2.05, 4.69) is 15.3 Å². The number of carboxylic acid groups (broad SMARTS) is 1. The van der Waals surface area contributed by atoms with E-state index in [0.29, 0.717) is 35.4 Å². The van der Waals surface area contributed by atoms with Gasteiger partial charge in [0.1, 0.15) is 6.54 Å². The predicted octanol–water partition coefficient (Wildman–Crippen LogP) is -1.15. The van der Waals surface area contributed by atoms with Crippen molar-refractivity contribution in [2.45, 2.75) is 19.4 Å². The van der Waals surface area contributed by atoms with Crippen LogP contribution in [0.1, 0.15) is 21.7 Å². The Bertz CT molecular complexity index is 781. The van der Waals surface area contributed by atoms with Gasteiger partial charge >= 0.3 is 5.97 Å². The van der Waals surface area contributed by atoms with Gasteiger partial charge in [-0.25, -0.2) is 4.79 Å². The Kier molecular flexibility index (Phi) is 2.49. The molecule has 5 N–H and O–H groups in total. The molecule has 2 heterocycles. The first kappa shape index (κ1) is 12.2. The van der Waals surface area contributed by atoms with Crippen molar-refractivity contribution in [2.24, 2.45) is 5.73 Å². The summed E-state index contributed by atoms with van der Waals surface area (Å²) in [5, 5.41) is 18.3. The van der Waals surface area contributed by atoms with Crippen LogP contribution in [-0.2, 0) is 24.2 Å². The van der Waals surface area contributed by atoms with E-state index < -0.39 is 11.9 Å². The summed E-state index contributed by atoms with van der Waals surface area (Å²) in [7, 11) is 0. The molecule has 0 saturated carbocycles. The minimum absolute atomic E-state index is 0.195. The topological polar surface area (TPSA) is 147 Å². The summed E-state index contributed by atoms with van der Waals surface area (Å²) in [6.07, 6.45) is 0.876. The molecular formula is C11H11N5O4. The second-order valence-electron chi connectivity index (χ2n) is 4.53. The van der Waals surface area contributed by atoms with Crippen LogP contribution in [0.15, 0.2) is 4.79 Å². The summed E-state index contributed by atoms with van der Waals surface area (Å²) in [5.41, 5.74) is 6.51. The molecule has 2 aromatic heterocycles. The van der Waals surface area contributed by atoms with E-state index in [0.717, 1.165) is 0 Å². The summed E-state index contributed by atoms with van der Waals surface area (Å²) in [6, 6.07) is 0. The molecule has 0 fully saturated rings. The van der Waals surface area contributed by atoms with Crippen LogP contribution in [0, 0.1) is 0 Å². The average Bonchev–Trinajstić information content (AvgIpc) is 2.91. The van der Waals surface area contributed by atoms with Gasteiger partial charge in [0.25, 0.3) is 5.56 Å². The van der Waals surface area contributed by atoms with Crippen LogP contribution in [0.5, 0.6) is 0 Å². The molecule has 1 aliphatic rings. The quantitative estimate of drug-likeness (QED) is 0.559. The predicted molar refractivity (Wildman–Crippen MR) is 66.2 cm³/mol. The van der Waals surface area contributed by atoms with E-state index in [1.54, 1.807) is 0 Å². The van der Waals surface area contributed by atoms with Crippen LogP contribution in [0.25, 0.3) is 11.3 Å². The zero-order valence-electron chi connectivity index (χ0n) is 10.3. The number of nitrogens with two attached hydrogens (primary N) is 1. The van der Waals surface area contributed by atoms with E-state index >= 15 is 0 Å². The number of carboxylic acids is 1. The highest BCUT2D eigenvalue weighted by Crippen LogP contribution is 2.33. The summed E-state index contributed by atoms with van der Waals surface area (Å²) in [6.45, 7) is -0.195. The molecule has 1 aliphatic carbocycles. The Morgan fingerprint density at radius 1 is 1.35 bits per heavy atom. The Balaban J connectivity index is 2.26. The van der Waals surface area contributed by atoms with Gasteiger partial charge in [0.15, 0.2) is 5.69 Å². The molecule has 0 radical (unpaired) electrons. The molecule has 104 valence electrons. The Morgan fingerprint density at radius 2 is 2.10 bits per heavy atom. The highest BCUT2D eigenvalue weighted by atomic mass is 16.4. The number of carbonyl (C=O) groups excluding carboxylic acids is 1. The highest BCUT2D eigenvalue weighted by molar-refractivity contribution is 5.95. The largest absolute Gasteiger partial charge is 0.476 e. The number of rotatable bonds is 3. The van der Waals surface area contributed by atoms with Gasteiger partial charge in [-0.3, -0.25) is 24.5 Å². The van der Waals surface area contributed by atoms with Crippen molar-refractivity contribution >= 4 is 11.9 Å². The first-order chi connectivity index (χ1) is 9.49. The number of primary amides is 1. The van der Waals surface area contributed by atoms with E-state index in [4.69, 9.17) is 5.73 Å². The van der Waals surface area contributed by atoms with Crippen molar-refractivity contribution in [1.82, 2.24) is 20.0 Å². The molecular weight excluding hydrogens is 266 g/mol. The maximum atomic E-state index is 11.6. The average molecular weight is 277 g/mol. The van der Waals surface area contributed by atoms with Gasteiger partial charge in [0, 0.05) is 11.3 Å². The number of hydrogen-bond acceptors (Lipinski definition) is 4. The summed E-state index contributed by atoms with van der Waals surface area (Å²) in [5.74, 6) is -1.83. The first-order valence-electron chi connectivity index (χ1n) is 5.90. The molecule has 20 heavy (non-hydrogen) atoms. The molecule has 0 bridgehead atoms. The van der Waals surface area contributed by atoms with Crippen LogP contribution < -0.4 is 11.3 Å². The van der Waals surface area contributed by atoms with Crippen molar-refractivity contribution in [3.63, 3.8) is 0 Å². The number of nitrogens with one attached hydrogen (secondary N) is 2. The number of nitrogens with zero attached hydrogens (tertiary/aromatic N) is 2. The molecule has 2 aromatic rings. The van der Waals surface area contributed by atoms with Gasteiger partial charge < -0.3 is 10.8 Å². The van der Waals surface area contributed by atoms with Crippen LogP contribution in [0.2, 0.25) is 0 Å². The lowest BCUT2D eigenvalue weighted by molar-refractivity contribution is -0.118. The molecule has 9 nitrogen and oxygen atoms in total. The van der Waals surface area contributed by atoms with Gasteiger partial charge in [-0.15, -0.1) is 0 Å². The summed E-state index contributed by atoms with van der Waals surface area (Å²) < 4.78 is 1.29. The van der Waals surface area contributed by atoms with E-state index in [1.165, 1.54) is 4.68 Å². The van der Waals surface area contributed by atoms with Crippen molar-refractivity contribution < 1.29 is 14.7 Å². The molecule has 0 unspecified atom stereocenters. The van der Waals surface area contributed by atoms with Crippen molar-refractivity contribution in [2.75, 3.05) is 0 Å². The SMILES string of the molecule is NC(=O)Cn1nc(C(=O)O)c2c1CCc1c-2[nH][nH]c1=O. The van der Waals surface area contributed by atoms with Crippen molar-refractivity contribution in [3.8, 4) is 11.3 Å². The maximum Gasteiger partial charge on any atom is 0.357 e. The molecule has 0 aromatic carbocycles. The number of amides is 1. The Morgan fingerprint density at radius 3 is 2.75 bits per heavy atom. The smallest absolute Gasteiger partial charge is 0.357 e. The molecule has 3 rings (SSSR count). The Hall–Kier alpha value is -2.84. The molecule has 0 atom stereocenters.